The molecule has 1 aliphatic carbocycles. The van der Waals surface area contributed by atoms with Gasteiger partial charge in [0.1, 0.15) is 11.3 Å². The van der Waals surface area contributed by atoms with E-state index in [0.717, 1.165) is 18.4 Å². The third kappa shape index (κ3) is 2.00. The van der Waals surface area contributed by atoms with Crippen molar-refractivity contribution in [2.75, 3.05) is 6.61 Å². The summed E-state index contributed by atoms with van der Waals surface area (Å²) in [6.45, 7) is 2.45. The van der Waals surface area contributed by atoms with E-state index >= 15 is 0 Å². The Morgan fingerprint density at radius 2 is 2.35 bits per heavy atom. The third-order valence-corrected chi connectivity index (χ3v) is 3.27. The minimum atomic E-state index is -1.26. The Morgan fingerprint density at radius 1 is 1.59 bits per heavy atom. The number of benzene rings is 1. The predicted molar refractivity (Wildman–Crippen MR) is 64.1 cm³/mol. The summed E-state index contributed by atoms with van der Waals surface area (Å²) in [7, 11) is 0. The van der Waals surface area contributed by atoms with Crippen molar-refractivity contribution in [3.05, 3.63) is 29.3 Å². The fourth-order valence-corrected chi connectivity index (χ4v) is 2.36. The van der Waals surface area contributed by atoms with E-state index in [-0.39, 0.29) is 0 Å². The van der Waals surface area contributed by atoms with Gasteiger partial charge >= 0.3 is 5.97 Å². The quantitative estimate of drug-likeness (QED) is 0.835. The van der Waals surface area contributed by atoms with Crippen LogP contribution in [-0.2, 0) is 16.8 Å². The predicted octanol–water partition coefficient (Wildman–Crippen LogP) is 1.66. The second-order valence-corrected chi connectivity index (χ2v) is 4.38. The number of fused-ring (bicyclic) bond motifs is 1. The van der Waals surface area contributed by atoms with Crippen LogP contribution in [0.2, 0.25) is 0 Å². The molecular formula is C13H17NO3. The molecule has 0 aromatic heterocycles. The summed E-state index contributed by atoms with van der Waals surface area (Å²) in [4.78, 5) is 11.3. The van der Waals surface area contributed by atoms with Crippen molar-refractivity contribution >= 4 is 5.97 Å². The lowest BCUT2D eigenvalue weighted by Crippen LogP contribution is -2.47. The molecule has 92 valence electrons. The smallest absolute Gasteiger partial charge is 0.328 e. The van der Waals surface area contributed by atoms with Gasteiger partial charge < -0.3 is 15.6 Å². The summed E-state index contributed by atoms with van der Waals surface area (Å²) in [5, 5.41) is 9.30. The van der Waals surface area contributed by atoms with Crippen LogP contribution in [0.3, 0.4) is 0 Å². The summed E-state index contributed by atoms with van der Waals surface area (Å²) in [5.74, 6) is -0.281. The zero-order valence-corrected chi connectivity index (χ0v) is 9.90. The molecule has 0 amide bonds. The van der Waals surface area contributed by atoms with Gasteiger partial charge in [0.05, 0.1) is 6.61 Å². The molecule has 4 heteroatoms. The van der Waals surface area contributed by atoms with Gasteiger partial charge in [-0.25, -0.2) is 4.79 Å². The zero-order chi connectivity index (χ0) is 12.5. The fourth-order valence-electron chi connectivity index (χ4n) is 2.36. The lowest BCUT2D eigenvalue weighted by atomic mass is 9.77. The van der Waals surface area contributed by atoms with Crippen molar-refractivity contribution in [3.8, 4) is 5.75 Å². The molecule has 1 atom stereocenters. The van der Waals surface area contributed by atoms with Crippen LogP contribution in [-0.4, -0.2) is 17.7 Å². The van der Waals surface area contributed by atoms with E-state index in [9.17, 15) is 9.90 Å². The number of ether oxygens (including phenoxy) is 1. The summed E-state index contributed by atoms with van der Waals surface area (Å²) < 4.78 is 5.40. The summed E-state index contributed by atoms with van der Waals surface area (Å²) in [6, 6.07) is 5.56. The Morgan fingerprint density at radius 3 is 3.00 bits per heavy atom. The monoisotopic (exact) mass is 235 g/mol. The molecule has 0 saturated carbocycles. The molecule has 0 aliphatic heterocycles. The lowest BCUT2D eigenvalue weighted by Gasteiger charge is -2.32. The van der Waals surface area contributed by atoms with Crippen LogP contribution in [0.15, 0.2) is 18.2 Å². The largest absolute Gasteiger partial charge is 0.494 e. The molecular weight excluding hydrogens is 218 g/mol. The van der Waals surface area contributed by atoms with Crippen molar-refractivity contribution in [1.82, 2.24) is 0 Å². The van der Waals surface area contributed by atoms with Gasteiger partial charge in [0.25, 0.3) is 0 Å². The first-order valence-electron chi connectivity index (χ1n) is 5.86. The fraction of sp³-hybridized carbons (Fsp3) is 0.462. The van der Waals surface area contributed by atoms with E-state index in [1.54, 1.807) is 6.07 Å². The van der Waals surface area contributed by atoms with Gasteiger partial charge in [-0.3, -0.25) is 0 Å². The molecule has 0 radical (unpaired) electrons. The third-order valence-electron chi connectivity index (χ3n) is 3.27. The second kappa shape index (κ2) is 4.37. The average Bonchev–Trinajstić information content (AvgIpc) is 2.30. The topological polar surface area (TPSA) is 72.5 Å². The highest BCUT2D eigenvalue weighted by Gasteiger charge is 2.40. The number of rotatable bonds is 3. The normalized spacial score (nSPS) is 22.9. The number of hydrogen-bond donors (Lipinski definition) is 2. The van der Waals surface area contributed by atoms with Crippen LogP contribution in [0, 0.1) is 0 Å². The molecule has 2 rings (SSSR count). The standard InChI is InChI=1S/C13H17NO3/c1-2-17-10-6-5-9-4-3-7-13(14,12(15)16)11(9)8-10/h5-6,8H,2-4,7,14H2,1H3,(H,15,16). The van der Waals surface area contributed by atoms with Gasteiger partial charge in [-0.2, -0.15) is 0 Å². The van der Waals surface area contributed by atoms with Gasteiger partial charge in [-0.15, -0.1) is 0 Å². The first kappa shape index (κ1) is 11.9. The van der Waals surface area contributed by atoms with Crippen LogP contribution >= 0.6 is 0 Å². The van der Waals surface area contributed by atoms with Crippen molar-refractivity contribution in [3.63, 3.8) is 0 Å². The van der Waals surface area contributed by atoms with E-state index < -0.39 is 11.5 Å². The Bertz CT molecular complexity index is 444. The van der Waals surface area contributed by atoms with E-state index in [1.165, 1.54) is 0 Å². The van der Waals surface area contributed by atoms with Crippen LogP contribution in [0.4, 0.5) is 0 Å². The molecule has 0 saturated heterocycles. The Kier molecular flexibility index (Phi) is 3.07. The summed E-state index contributed by atoms with van der Waals surface area (Å²) in [5.41, 5.74) is 6.47. The molecule has 0 heterocycles. The molecule has 0 spiro atoms. The number of aryl methyl sites for hydroxylation is 1. The first-order chi connectivity index (χ1) is 8.08. The van der Waals surface area contributed by atoms with Crippen LogP contribution in [0.25, 0.3) is 0 Å². The molecule has 3 N–H and O–H groups in total. The molecule has 1 aliphatic rings. The van der Waals surface area contributed by atoms with Crippen LogP contribution < -0.4 is 10.5 Å². The van der Waals surface area contributed by atoms with Crippen LogP contribution in [0.1, 0.15) is 30.9 Å². The minimum absolute atomic E-state index is 0.477. The molecule has 1 aromatic carbocycles. The lowest BCUT2D eigenvalue weighted by molar-refractivity contribution is -0.144. The van der Waals surface area contributed by atoms with Crippen molar-refractivity contribution in [2.45, 2.75) is 31.7 Å². The average molecular weight is 235 g/mol. The molecule has 0 bridgehead atoms. The highest BCUT2D eigenvalue weighted by Crippen LogP contribution is 2.35. The minimum Gasteiger partial charge on any atom is -0.494 e. The van der Waals surface area contributed by atoms with Crippen LogP contribution in [0.5, 0.6) is 5.75 Å². The van der Waals surface area contributed by atoms with Crippen molar-refractivity contribution in [1.29, 1.82) is 0 Å². The van der Waals surface area contributed by atoms with E-state index in [1.807, 2.05) is 19.1 Å². The highest BCUT2D eigenvalue weighted by atomic mass is 16.5. The Hall–Kier alpha value is -1.55. The summed E-state index contributed by atoms with van der Waals surface area (Å²) in [6.07, 6.45) is 2.17. The SMILES string of the molecule is CCOc1ccc2c(c1)C(N)(C(=O)O)CCC2. The molecule has 4 nitrogen and oxygen atoms in total. The van der Waals surface area contributed by atoms with Crippen molar-refractivity contribution < 1.29 is 14.6 Å². The molecule has 1 unspecified atom stereocenters. The maximum Gasteiger partial charge on any atom is 0.328 e. The molecule has 0 fully saturated rings. The van der Waals surface area contributed by atoms with Gasteiger partial charge in [0.15, 0.2) is 0 Å². The first-order valence-corrected chi connectivity index (χ1v) is 5.86. The van der Waals surface area contributed by atoms with Gasteiger partial charge in [-0.1, -0.05) is 6.07 Å². The number of aliphatic carboxylic acids is 1. The number of carboxylic acid groups (broad SMARTS) is 1. The number of hydrogen-bond acceptors (Lipinski definition) is 3. The Balaban J connectivity index is 2.48. The van der Waals surface area contributed by atoms with E-state index in [4.69, 9.17) is 10.5 Å². The second-order valence-electron chi connectivity index (χ2n) is 4.38. The van der Waals surface area contributed by atoms with Gasteiger partial charge in [0, 0.05) is 0 Å². The molecule has 1 aromatic rings. The van der Waals surface area contributed by atoms with E-state index in [2.05, 4.69) is 0 Å². The maximum atomic E-state index is 11.3. The van der Waals surface area contributed by atoms with Gasteiger partial charge in [-0.05, 0) is 49.4 Å². The highest BCUT2D eigenvalue weighted by molar-refractivity contribution is 5.81. The number of carboxylic acids is 1. The molecule has 17 heavy (non-hydrogen) atoms. The summed E-state index contributed by atoms with van der Waals surface area (Å²) >= 11 is 0. The number of nitrogens with two attached hydrogens (primary N) is 1. The van der Waals surface area contributed by atoms with Gasteiger partial charge in [0.2, 0.25) is 0 Å². The Labute approximate surface area is 100 Å². The number of carbonyl (C=O) groups is 1. The van der Waals surface area contributed by atoms with Crippen molar-refractivity contribution in [2.24, 2.45) is 5.73 Å². The zero-order valence-electron chi connectivity index (χ0n) is 9.90. The maximum absolute atomic E-state index is 11.3. The van der Waals surface area contributed by atoms with E-state index in [0.29, 0.717) is 24.3 Å².